The van der Waals surface area contributed by atoms with E-state index < -0.39 is 10.0 Å². The van der Waals surface area contributed by atoms with Crippen LogP contribution in [0, 0.1) is 12.8 Å². The quantitative estimate of drug-likeness (QED) is 0.746. The maximum Gasteiger partial charge on any atom is 0.279 e. The summed E-state index contributed by atoms with van der Waals surface area (Å²) in [5.74, 6) is 0.677. The average Bonchev–Trinajstić information content (AvgIpc) is 2.59. The number of quaternary nitrogens is 1. The number of aryl methyl sites for hydroxylation is 1. The maximum atomic E-state index is 12.8. The van der Waals surface area contributed by atoms with Gasteiger partial charge in [0.15, 0.2) is 6.54 Å². The molecule has 0 atom stereocenters. The van der Waals surface area contributed by atoms with Crippen molar-refractivity contribution in [3.63, 3.8) is 0 Å². The van der Waals surface area contributed by atoms with E-state index in [1.54, 1.807) is 25.1 Å². The zero-order valence-corrected chi connectivity index (χ0v) is 17.2. The van der Waals surface area contributed by atoms with E-state index in [2.05, 4.69) is 12.2 Å². The first-order chi connectivity index (χ1) is 12.3. The second-order valence-electron chi connectivity index (χ2n) is 7.23. The summed E-state index contributed by atoms with van der Waals surface area (Å²) in [6, 6.07) is 5.10. The van der Waals surface area contributed by atoms with Crippen molar-refractivity contribution >= 4 is 21.6 Å². The number of amides is 1. The number of rotatable bonds is 7. The average molecular weight is 383 g/mol. The molecule has 1 saturated heterocycles. The molecule has 1 amide bonds. The number of anilines is 1. The van der Waals surface area contributed by atoms with Gasteiger partial charge in [0.2, 0.25) is 10.0 Å². The van der Waals surface area contributed by atoms with Gasteiger partial charge in [0, 0.05) is 18.8 Å². The lowest BCUT2D eigenvalue weighted by molar-refractivity contribution is -0.897. The van der Waals surface area contributed by atoms with Gasteiger partial charge in [0.05, 0.1) is 18.0 Å². The molecule has 0 aromatic heterocycles. The summed E-state index contributed by atoms with van der Waals surface area (Å²) in [4.78, 5) is 13.9. The third-order valence-corrected chi connectivity index (χ3v) is 7.38. The molecule has 2 rings (SSSR count). The molecular formula is C19H32N3O3S+. The van der Waals surface area contributed by atoms with Crippen LogP contribution in [0.3, 0.4) is 0 Å². The number of nitrogens with one attached hydrogen (secondary N) is 2. The fourth-order valence-electron chi connectivity index (χ4n) is 3.44. The van der Waals surface area contributed by atoms with Crippen molar-refractivity contribution in [3.8, 4) is 0 Å². The van der Waals surface area contributed by atoms with Crippen molar-refractivity contribution in [2.24, 2.45) is 5.92 Å². The zero-order valence-electron chi connectivity index (χ0n) is 16.3. The SMILES string of the molecule is CCN(CC)S(=O)(=O)c1cc(NC(=O)C[NH+]2CCC(C)CC2)ccc1C. The number of carbonyl (C=O) groups excluding carboxylic acids is 1. The largest absolute Gasteiger partial charge is 0.327 e. The Labute approximate surface area is 157 Å². The molecule has 0 radical (unpaired) electrons. The lowest BCUT2D eigenvalue weighted by atomic mass is 9.99. The molecule has 0 unspecified atom stereocenters. The molecule has 0 bridgehead atoms. The predicted molar refractivity (Wildman–Crippen MR) is 104 cm³/mol. The van der Waals surface area contributed by atoms with Gasteiger partial charge in [0.25, 0.3) is 5.91 Å². The van der Waals surface area contributed by atoms with Gasteiger partial charge in [-0.25, -0.2) is 8.42 Å². The van der Waals surface area contributed by atoms with Gasteiger partial charge >= 0.3 is 0 Å². The van der Waals surface area contributed by atoms with Gasteiger partial charge < -0.3 is 10.2 Å². The van der Waals surface area contributed by atoms with Gasteiger partial charge in [-0.3, -0.25) is 4.79 Å². The van der Waals surface area contributed by atoms with Crippen molar-refractivity contribution < 1.29 is 18.1 Å². The molecule has 1 fully saturated rings. The van der Waals surface area contributed by atoms with Crippen LogP contribution in [0.2, 0.25) is 0 Å². The van der Waals surface area contributed by atoms with Crippen LogP contribution in [-0.4, -0.2) is 51.4 Å². The van der Waals surface area contributed by atoms with Crippen LogP contribution < -0.4 is 10.2 Å². The first kappa shape index (κ1) is 20.9. The standard InChI is InChI=1S/C19H31N3O3S/c1-5-22(6-2)26(24,25)18-13-17(8-7-16(18)4)20-19(23)14-21-11-9-15(3)10-12-21/h7-8,13,15H,5-6,9-12,14H2,1-4H3,(H,20,23)/p+1. The van der Waals surface area contributed by atoms with E-state index >= 15 is 0 Å². The molecule has 26 heavy (non-hydrogen) atoms. The number of carbonyl (C=O) groups is 1. The molecule has 1 aromatic rings. The normalized spacial score (nSPS) is 21.0. The lowest BCUT2D eigenvalue weighted by Gasteiger charge is -2.26. The molecule has 6 nitrogen and oxygen atoms in total. The maximum absolute atomic E-state index is 12.8. The van der Waals surface area contributed by atoms with E-state index in [0.717, 1.165) is 31.8 Å². The molecule has 1 aliphatic rings. The molecule has 1 heterocycles. The molecule has 0 spiro atoms. The fraction of sp³-hybridized carbons (Fsp3) is 0.632. The van der Waals surface area contributed by atoms with E-state index in [9.17, 15) is 13.2 Å². The van der Waals surface area contributed by atoms with Crippen molar-refractivity contribution in [2.75, 3.05) is 38.0 Å². The monoisotopic (exact) mass is 382 g/mol. The third kappa shape index (κ3) is 5.05. The number of piperidine rings is 1. The lowest BCUT2D eigenvalue weighted by Crippen LogP contribution is -3.14. The van der Waals surface area contributed by atoms with Crippen LogP contribution in [0.25, 0.3) is 0 Å². The number of likely N-dealkylation sites (tertiary alicyclic amines) is 1. The number of hydrogen-bond acceptors (Lipinski definition) is 3. The molecule has 146 valence electrons. The van der Waals surface area contributed by atoms with Gasteiger partial charge in [-0.2, -0.15) is 4.31 Å². The summed E-state index contributed by atoms with van der Waals surface area (Å²) >= 11 is 0. The first-order valence-electron chi connectivity index (χ1n) is 9.52. The number of hydrogen-bond donors (Lipinski definition) is 2. The van der Waals surface area contributed by atoms with E-state index in [4.69, 9.17) is 0 Å². The molecule has 1 aromatic carbocycles. The minimum Gasteiger partial charge on any atom is -0.327 e. The van der Waals surface area contributed by atoms with Gasteiger partial charge in [0.1, 0.15) is 0 Å². The second-order valence-corrected chi connectivity index (χ2v) is 9.13. The Kier molecular flexibility index (Phi) is 7.20. The third-order valence-electron chi connectivity index (χ3n) is 5.19. The molecule has 0 aliphatic carbocycles. The van der Waals surface area contributed by atoms with Crippen LogP contribution in [0.1, 0.15) is 39.2 Å². The van der Waals surface area contributed by atoms with Crippen molar-refractivity contribution in [1.29, 1.82) is 0 Å². The van der Waals surface area contributed by atoms with E-state index in [1.807, 2.05) is 13.8 Å². The summed E-state index contributed by atoms with van der Waals surface area (Å²) in [5, 5.41) is 2.87. The molecule has 2 N–H and O–H groups in total. The Balaban J connectivity index is 2.10. The van der Waals surface area contributed by atoms with Gasteiger partial charge in [-0.1, -0.05) is 26.8 Å². The minimum atomic E-state index is -3.55. The molecule has 7 heteroatoms. The van der Waals surface area contributed by atoms with Crippen molar-refractivity contribution in [1.82, 2.24) is 4.31 Å². The summed E-state index contributed by atoms with van der Waals surface area (Å²) in [6.07, 6.45) is 2.30. The van der Waals surface area contributed by atoms with Gasteiger partial charge in [-0.15, -0.1) is 0 Å². The van der Waals surface area contributed by atoms with Crippen LogP contribution >= 0.6 is 0 Å². The summed E-state index contributed by atoms with van der Waals surface area (Å²) in [7, 11) is -3.55. The molecule has 1 aliphatic heterocycles. The fourth-order valence-corrected chi connectivity index (χ4v) is 5.15. The Bertz CT molecular complexity index is 722. The van der Waals surface area contributed by atoms with Gasteiger partial charge in [-0.05, 0) is 43.4 Å². The van der Waals surface area contributed by atoms with E-state index in [1.165, 1.54) is 9.21 Å². The van der Waals surface area contributed by atoms with Crippen LogP contribution in [0.15, 0.2) is 23.1 Å². The number of benzene rings is 1. The summed E-state index contributed by atoms with van der Waals surface area (Å²) in [5.41, 5.74) is 1.22. The van der Waals surface area contributed by atoms with E-state index in [-0.39, 0.29) is 10.8 Å². The highest BCUT2D eigenvalue weighted by Gasteiger charge is 2.25. The topological polar surface area (TPSA) is 70.9 Å². The van der Waals surface area contributed by atoms with Crippen LogP contribution in [0.5, 0.6) is 0 Å². The highest BCUT2D eigenvalue weighted by Crippen LogP contribution is 2.23. The summed E-state index contributed by atoms with van der Waals surface area (Å²) in [6.45, 7) is 11.0. The molecule has 0 saturated carbocycles. The Morgan fingerprint density at radius 3 is 2.42 bits per heavy atom. The highest BCUT2D eigenvalue weighted by atomic mass is 32.2. The van der Waals surface area contributed by atoms with Crippen molar-refractivity contribution in [2.45, 2.75) is 45.4 Å². The molecular weight excluding hydrogens is 350 g/mol. The Morgan fingerprint density at radius 2 is 1.85 bits per heavy atom. The zero-order chi connectivity index (χ0) is 19.3. The van der Waals surface area contributed by atoms with Crippen LogP contribution in [0.4, 0.5) is 5.69 Å². The summed E-state index contributed by atoms with van der Waals surface area (Å²) < 4.78 is 27.1. The first-order valence-corrected chi connectivity index (χ1v) is 11.0. The Morgan fingerprint density at radius 1 is 1.23 bits per heavy atom. The second kappa shape index (κ2) is 8.97. The smallest absolute Gasteiger partial charge is 0.279 e. The van der Waals surface area contributed by atoms with Crippen molar-refractivity contribution in [3.05, 3.63) is 23.8 Å². The van der Waals surface area contributed by atoms with Crippen LogP contribution in [-0.2, 0) is 14.8 Å². The van der Waals surface area contributed by atoms with E-state index in [0.29, 0.717) is 30.9 Å². The minimum absolute atomic E-state index is 0.0652. The Hall–Kier alpha value is -1.44. The number of sulfonamides is 1. The highest BCUT2D eigenvalue weighted by molar-refractivity contribution is 7.89. The number of nitrogens with zero attached hydrogens (tertiary/aromatic N) is 1. The predicted octanol–water partition coefficient (Wildman–Crippen LogP) is 1.28.